The summed E-state index contributed by atoms with van der Waals surface area (Å²) in [5, 5.41) is 0. The molecule has 0 radical (unpaired) electrons. The maximum Gasteiger partial charge on any atom is 0.0236 e. The number of rotatable bonds is 4. The van der Waals surface area contributed by atoms with Gasteiger partial charge in [0.2, 0.25) is 0 Å². The highest BCUT2D eigenvalue weighted by Crippen LogP contribution is 2.32. The minimum Gasteiger partial charge on any atom is -0.299 e. The van der Waals surface area contributed by atoms with Gasteiger partial charge < -0.3 is 0 Å². The summed E-state index contributed by atoms with van der Waals surface area (Å²) in [5.41, 5.74) is 0. The Bertz CT molecular complexity index is 352. The third-order valence-corrected chi connectivity index (χ3v) is 6.99. The van der Waals surface area contributed by atoms with E-state index in [4.69, 9.17) is 0 Å². The van der Waals surface area contributed by atoms with Gasteiger partial charge in [0.15, 0.2) is 0 Å². The zero-order valence-corrected chi connectivity index (χ0v) is 16.0. The molecule has 3 aliphatic rings. The molecular formula is C20H39N3. The van der Waals surface area contributed by atoms with E-state index in [-0.39, 0.29) is 0 Å². The molecule has 2 heterocycles. The molecule has 134 valence electrons. The van der Waals surface area contributed by atoms with Crippen molar-refractivity contribution in [2.45, 2.75) is 77.9 Å². The molecule has 1 atom stereocenters. The Hall–Kier alpha value is -0.120. The molecule has 0 aromatic heterocycles. The third kappa shape index (κ3) is 4.29. The summed E-state index contributed by atoms with van der Waals surface area (Å²) in [6.45, 7) is 17.4. The zero-order valence-electron chi connectivity index (χ0n) is 16.0. The van der Waals surface area contributed by atoms with Crippen molar-refractivity contribution >= 4 is 0 Å². The number of likely N-dealkylation sites (tertiary alicyclic amines) is 1. The van der Waals surface area contributed by atoms with Crippen LogP contribution in [0.1, 0.15) is 59.8 Å². The van der Waals surface area contributed by atoms with Crippen LogP contribution in [0.5, 0.6) is 0 Å². The van der Waals surface area contributed by atoms with Crippen LogP contribution in [0.3, 0.4) is 0 Å². The number of hydrogen-bond donors (Lipinski definition) is 0. The van der Waals surface area contributed by atoms with Crippen molar-refractivity contribution in [3.63, 3.8) is 0 Å². The van der Waals surface area contributed by atoms with Crippen LogP contribution in [0, 0.1) is 11.8 Å². The second-order valence-electron chi connectivity index (χ2n) is 8.92. The Morgan fingerprint density at radius 1 is 0.652 bits per heavy atom. The first kappa shape index (κ1) is 17.7. The standard InChI is InChI=1S/C20H39N3/c1-16(2)18-5-7-19(8-6-18)21-11-13-22(14-12-21)20-9-10-23(15-20)17(3)4/h16-20H,5-15H2,1-4H3/t18?,19?,20-/m0/s1. The van der Waals surface area contributed by atoms with Gasteiger partial charge in [0.05, 0.1) is 0 Å². The van der Waals surface area contributed by atoms with Gasteiger partial charge in [-0.25, -0.2) is 0 Å². The molecule has 3 nitrogen and oxygen atoms in total. The summed E-state index contributed by atoms with van der Waals surface area (Å²) in [5.74, 6) is 1.88. The Labute approximate surface area is 144 Å². The quantitative estimate of drug-likeness (QED) is 0.786. The van der Waals surface area contributed by atoms with Gasteiger partial charge in [0.25, 0.3) is 0 Å². The Balaban J connectivity index is 1.41. The van der Waals surface area contributed by atoms with E-state index in [1.165, 1.54) is 71.4 Å². The summed E-state index contributed by atoms with van der Waals surface area (Å²) >= 11 is 0. The van der Waals surface area contributed by atoms with Crippen molar-refractivity contribution < 1.29 is 0 Å². The molecule has 0 aromatic rings. The van der Waals surface area contributed by atoms with Crippen LogP contribution in [-0.4, -0.2) is 72.1 Å². The molecule has 3 heteroatoms. The lowest BCUT2D eigenvalue weighted by atomic mass is 9.79. The third-order valence-electron chi connectivity index (χ3n) is 6.99. The fourth-order valence-corrected chi connectivity index (χ4v) is 5.14. The molecule has 0 aromatic carbocycles. The number of nitrogens with zero attached hydrogens (tertiary/aromatic N) is 3. The minimum absolute atomic E-state index is 0.720. The molecule has 0 unspecified atom stereocenters. The molecule has 3 rings (SSSR count). The van der Waals surface area contributed by atoms with Crippen molar-refractivity contribution in [1.29, 1.82) is 0 Å². The lowest BCUT2D eigenvalue weighted by molar-refractivity contribution is 0.0477. The van der Waals surface area contributed by atoms with E-state index in [0.717, 1.165) is 30.0 Å². The maximum absolute atomic E-state index is 2.82. The molecule has 1 aliphatic carbocycles. The highest BCUT2D eigenvalue weighted by atomic mass is 15.3. The predicted octanol–water partition coefficient (Wildman–Crippen LogP) is 3.30. The summed E-state index contributed by atoms with van der Waals surface area (Å²) in [4.78, 5) is 8.27. The van der Waals surface area contributed by atoms with E-state index in [2.05, 4.69) is 42.4 Å². The van der Waals surface area contributed by atoms with Gasteiger partial charge in [0.1, 0.15) is 0 Å². The van der Waals surface area contributed by atoms with E-state index < -0.39 is 0 Å². The largest absolute Gasteiger partial charge is 0.299 e. The summed E-state index contributed by atoms with van der Waals surface area (Å²) < 4.78 is 0. The summed E-state index contributed by atoms with van der Waals surface area (Å²) in [6, 6.07) is 2.44. The number of hydrogen-bond acceptors (Lipinski definition) is 3. The van der Waals surface area contributed by atoms with Gasteiger partial charge in [-0.3, -0.25) is 14.7 Å². The molecule has 2 saturated heterocycles. The van der Waals surface area contributed by atoms with Crippen molar-refractivity contribution in [3.8, 4) is 0 Å². The van der Waals surface area contributed by atoms with E-state index in [0.29, 0.717) is 0 Å². The highest BCUT2D eigenvalue weighted by molar-refractivity contribution is 4.89. The molecule has 1 saturated carbocycles. The van der Waals surface area contributed by atoms with Crippen LogP contribution in [0.2, 0.25) is 0 Å². The second kappa shape index (κ2) is 7.84. The average molecular weight is 322 g/mol. The fourth-order valence-electron chi connectivity index (χ4n) is 5.14. The molecule has 23 heavy (non-hydrogen) atoms. The van der Waals surface area contributed by atoms with Crippen molar-refractivity contribution in [1.82, 2.24) is 14.7 Å². The fraction of sp³-hybridized carbons (Fsp3) is 1.00. The lowest BCUT2D eigenvalue weighted by Crippen LogP contribution is -2.54. The molecule has 3 fully saturated rings. The smallest absolute Gasteiger partial charge is 0.0236 e. The molecule has 0 N–H and O–H groups in total. The van der Waals surface area contributed by atoms with Crippen LogP contribution in [-0.2, 0) is 0 Å². The number of piperazine rings is 1. The minimum atomic E-state index is 0.720. The first-order chi connectivity index (χ1) is 11.0. The monoisotopic (exact) mass is 321 g/mol. The average Bonchev–Trinajstić information content (AvgIpc) is 3.05. The zero-order chi connectivity index (χ0) is 16.4. The Morgan fingerprint density at radius 3 is 1.70 bits per heavy atom. The Morgan fingerprint density at radius 2 is 1.22 bits per heavy atom. The van der Waals surface area contributed by atoms with Gasteiger partial charge in [-0.05, 0) is 57.8 Å². The van der Waals surface area contributed by atoms with Gasteiger partial charge in [-0.15, -0.1) is 0 Å². The Kier molecular flexibility index (Phi) is 6.03. The van der Waals surface area contributed by atoms with Crippen LogP contribution in [0.25, 0.3) is 0 Å². The second-order valence-corrected chi connectivity index (χ2v) is 8.92. The summed E-state index contributed by atoms with van der Waals surface area (Å²) in [6.07, 6.45) is 7.22. The molecule has 0 spiro atoms. The van der Waals surface area contributed by atoms with Crippen molar-refractivity contribution in [3.05, 3.63) is 0 Å². The lowest BCUT2D eigenvalue weighted by Gasteiger charge is -2.44. The highest BCUT2D eigenvalue weighted by Gasteiger charge is 2.33. The van der Waals surface area contributed by atoms with E-state index in [1.54, 1.807) is 0 Å². The maximum atomic E-state index is 2.82. The van der Waals surface area contributed by atoms with E-state index in [9.17, 15) is 0 Å². The van der Waals surface area contributed by atoms with Gasteiger partial charge in [0, 0.05) is 57.4 Å². The van der Waals surface area contributed by atoms with Crippen LogP contribution in [0.15, 0.2) is 0 Å². The SMILES string of the molecule is CC(C)C1CCC(N2CCN([C@H]3CCN(C(C)C)C3)CC2)CC1. The van der Waals surface area contributed by atoms with Gasteiger partial charge in [-0.2, -0.15) is 0 Å². The molecule has 2 aliphatic heterocycles. The topological polar surface area (TPSA) is 9.72 Å². The van der Waals surface area contributed by atoms with E-state index >= 15 is 0 Å². The van der Waals surface area contributed by atoms with Crippen LogP contribution < -0.4 is 0 Å². The van der Waals surface area contributed by atoms with Gasteiger partial charge in [-0.1, -0.05) is 13.8 Å². The van der Waals surface area contributed by atoms with Crippen LogP contribution >= 0.6 is 0 Å². The first-order valence-electron chi connectivity index (χ1n) is 10.3. The van der Waals surface area contributed by atoms with E-state index in [1.807, 2.05) is 0 Å². The van der Waals surface area contributed by atoms with Crippen LogP contribution in [0.4, 0.5) is 0 Å². The molecule has 0 bridgehead atoms. The first-order valence-corrected chi connectivity index (χ1v) is 10.3. The normalized spacial score (nSPS) is 35.5. The van der Waals surface area contributed by atoms with Gasteiger partial charge >= 0.3 is 0 Å². The molecular weight excluding hydrogens is 282 g/mol. The summed E-state index contributed by atoms with van der Waals surface area (Å²) in [7, 11) is 0. The predicted molar refractivity (Wildman–Crippen MR) is 98.8 cm³/mol. The molecule has 0 amide bonds. The van der Waals surface area contributed by atoms with Crippen molar-refractivity contribution in [2.75, 3.05) is 39.3 Å². The van der Waals surface area contributed by atoms with Crippen molar-refractivity contribution in [2.24, 2.45) is 11.8 Å².